The highest BCUT2D eigenvalue weighted by atomic mass is 15.1. The topological polar surface area (TPSA) is 8.17 Å². The van der Waals surface area contributed by atoms with Gasteiger partial charge in [0.25, 0.3) is 0 Å². The predicted octanol–water partition coefficient (Wildman–Crippen LogP) is 20.0. The van der Waals surface area contributed by atoms with Crippen LogP contribution in [0.5, 0.6) is 0 Å². The molecule has 0 saturated carbocycles. The van der Waals surface area contributed by atoms with Gasteiger partial charge in [0, 0.05) is 33.2 Å². The van der Waals surface area contributed by atoms with Crippen molar-refractivity contribution in [2.75, 3.05) is 4.90 Å². The van der Waals surface area contributed by atoms with E-state index in [1.165, 1.54) is 104 Å². The first-order chi connectivity index (χ1) is 36.7. The van der Waals surface area contributed by atoms with Crippen LogP contribution in [0.15, 0.2) is 291 Å². The summed E-state index contributed by atoms with van der Waals surface area (Å²) in [4.78, 5) is 2.38. The van der Waals surface area contributed by atoms with Gasteiger partial charge in [-0.25, -0.2) is 0 Å². The van der Waals surface area contributed by atoms with Gasteiger partial charge in [0.15, 0.2) is 0 Å². The van der Waals surface area contributed by atoms with Crippen LogP contribution in [0.1, 0.15) is 0 Å². The smallest absolute Gasteiger partial charge is 0.0547 e. The fraction of sp³-hybridized carbons (Fsp3) is 0. The normalized spacial score (nSPS) is 11.5. The first-order valence-corrected chi connectivity index (χ1v) is 25.5. The van der Waals surface area contributed by atoms with Gasteiger partial charge in [-0.05, 0) is 143 Å². The summed E-state index contributed by atoms with van der Waals surface area (Å²) >= 11 is 0. The molecule has 1 aromatic heterocycles. The molecule has 0 spiro atoms. The maximum Gasteiger partial charge on any atom is 0.0547 e. The van der Waals surface area contributed by atoms with E-state index in [9.17, 15) is 0 Å². The molecule has 0 bridgehead atoms. The lowest BCUT2D eigenvalue weighted by molar-refractivity contribution is 1.20. The Morgan fingerprint density at radius 1 is 0.230 bits per heavy atom. The monoisotopic (exact) mass is 940 g/mol. The van der Waals surface area contributed by atoms with E-state index in [1.807, 2.05) is 0 Å². The Balaban J connectivity index is 0.844. The van der Waals surface area contributed by atoms with E-state index >= 15 is 0 Å². The molecular weight excluding hydrogens is 893 g/mol. The SMILES string of the molecule is c1ccc(-c2ccc(N(c3ccc(-c4ccc(-c5cccc6ccccc56)cc4)cc3)c3cccc(-c4cccc(-c5cccc6c5c5ccccc5n6-c5cc6ccccc6c6ccccc56)c4)c3)cc2)cc1. The molecule has 14 rings (SSSR count). The van der Waals surface area contributed by atoms with Crippen LogP contribution in [0.3, 0.4) is 0 Å². The summed E-state index contributed by atoms with van der Waals surface area (Å²) in [5, 5.41) is 10.0. The van der Waals surface area contributed by atoms with Crippen molar-refractivity contribution in [3.8, 4) is 61.3 Å². The fourth-order valence-electron chi connectivity index (χ4n) is 11.4. The van der Waals surface area contributed by atoms with E-state index in [0.717, 1.165) is 28.2 Å². The van der Waals surface area contributed by atoms with Crippen LogP contribution < -0.4 is 4.90 Å². The van der Waals surface area contributed by atoms with E-state index in [2.05, 4.69) is 301 Å². The number of nitrogens with zero attached hydrogens (tertiary/aromatic N) is 2. The summed E-state index contributed by atoms with van der Waals surface area (Å²) in [6.07, 6.45) is 0. The molecular formula is C72H48N2. The maximum absolute atomic E-state index is 2.48. The lowest BCUT2D eigenvalue weighted by atomic mass is 9.95. The lowest BCUT2D eigenvalue weighted by Crippen LogP contribution is -2.10. The molecule has 0 aliphatic carbocycles. The number of anilines is 3. The number of benzene rings is 13. The van der Waals surface area contributed by atoms with E-state index in [0.29, 0.717) is 0 Å². The van der Waals surface area contributed by atoms with Gasteiger partial charge in [-0.15, -0.1) is 0 Å². The van der Waals surface area contributed by atoms with Crippen LogP contribution >= 0.6 is 0 Å². The van der Waals surface area contributed by atoms with Crippen molar-refractivity contribution in [2.24, 2.45) is 0 Å². The third-order valence-electron chi connectivity index (χ3n) is 15.0. The van der Waals surface area contributed by atoms with Gasteiger partial charge in [-0.1, -0.05) is 231 Å². The van der Waals surface area contributed by atoms with Crippen molar-refractivity contribution < 1.29 is 0 Å². The average molecular weight is 941 g/mol. The van der Waals surface area contributed by atoms with Crippen molar-refractivity contribution in [1.29, 1.82) is 0 Å². The fourth-order valence-corrected chi connectivity index (χ4v) is 11.4. The van der Waals surface area contributed by atoms with Crippen LogP contribution in [-0.2, 0) is 0 Å². The highest BCUT2D eigenvalue weighted by Gasteiger charge is 2.20. The molecule has 0 aliphatic rings. The van der Waals surface area contributed by atoms with E-state index < -0.39 is 0 Å². The molecule has 0 N–H and O–H groups in total. The molecule has 0 atom stereocenters. The van der Waals surface area contributed by atoms with Crippen LogP contribution in [0.4, 0.5) is 17.1 Å². The van der Waals surface area contributed by atoms with Crippen molar-refractivity contribution >= 4 is 71.2 Å². The molecule has 2 nitrogen and oxygen atoms in total. The minimum Gasteiger partial charge on any atom is -0.310 e. The van der Waals surface area contributed by atoms with Gasteiger partial charge in [-0.3, -0.25) is 0 Å². The Kier molecular flexibility index (Phi) is 10.6. The van der Waals surface area contributed by atoms with Crippen LogP contribution in [0.2, 0.25) is 0 Å². The number of hydrogen-bond acceptors (Lipinski definition) is 1. The van der Waals surface area contributed by atoms with Crippen LogP contribution in [0.25, 0.3) is 115 Å². The summed E-state index contributed by atoms with van der Waals surface area (Å²) in [6, 6.07) is 106. The zero-order valence-corrected chi connectivity index (χ0v) is 40.6. The van der Waals surface area contributed by atoms with Crippen molar-refractivity contribution in [1.82, 2.24) is 4.57 Å². The highest BCUT2D eigenvalue weighted by molar-refractivity contribution is 6.18. The first-order valence-electron chi connectivity index (χ1n) is 25.5. The van der Waals surface area contributed by atoms with E-state index in [-0.39, 0.29) is 0 Å². The van der Waals surface area contributed by atoms with E-state index in [4.69, 9.17) is 0 Å². The summed E-state index contributed by atoms with van der Waals surface area (Å²) in [7, 11) is 0. The van der Waals surface area contributed by atoms with Crippen LogP contribution in [-0.4, -0.2) is 4.57 Å². The Hall–Kier alpha value is -9.76. The largest absolute Gasteiger partial charge is 0.310 e. The van der Waals surface area contributed by atoms with Crippen molar-refractivity contribution in [3.63, 3.8) is 0 Å². The number of fused-ring (bicyclic) bond motifs is 7. The molecule has 0 saturated heterocycles. The zero-order chi connectivity index (χ0) is 49.0. The number of hydrogen-bond donors (Lipinski definition) is 0. The Labute approximate surface area is 430 Å². The predicted molar refractivity (Wildman–Crippen MR) is 315 cm³/mol. The molecule has 0 aliphatic heterocycles. The molecule has 0 fully saturated rings. The Morgan fingerprint density at radius 3 is 1.45 bits per heavy atom. The standard InChI is InChI=1S/C72H48N2/c1-2-16-49(17-3-1)51-38-42-59(43-39-51)73(60-44-40-52(41-45-60)50-34-36-54(37-35-50)63-30-14-20-53-18-4-6-25-62(53)63)61-24-13-22-56(47-61)55-21-12-23-57(46-55)65-31-15-33-70-72(65)68-29-10-11-32-69(68)74(70)71-48-58-19-5-7-26-64(58)66-27-8-9-28-67(66)71/h1-48H. The molecule has 74 heavy (non-hydrogen) atoms. The summed E-state index contributed by atoms with van der Waals surface area (Å²) in [6.45, 7) is 0. The molecule has 346 valence electrons. The second-order valence-electron chi connectivity index (χ2n) is 19.2. The molecule has 0 amide bonds. The molecule has 14 aromatic rings. The second-order valence-corrected chi connectivity index (χ2v) is 19.2. The minimum atomic E-state index is 1.08. The van der Waals surface area contributed by atoms with Gasteiger partial charge in [-0.2, -0.15) is 0 Å². The molecule has 1 heterocycles. The van der Waals surface area contributed by atoms with E-state index in [1.54, 1.807) is 0 Å². The van der Waals surface area contributed by atoms with Crippen molar-refractivity contribution in [2.45, 2.75) is 0 Å². The Bertz CT molecular complexity index is 4390. The van der Waals surface area contributed by atoms with Gasteiger partial charge < -0.3 is 9.47 Å². The maximum atomic E-state index is 2.48. The number of para-hydroxylation sites is 1. The van der Waals surface area contributed by atoms with Gasteiger partial charge in [0.05, 0.1) is 16.7 Å². The third-order valence-corrected chi connectivity index (χ3v) is 15.0. The summed E-state index contributed by atoms with van der Waals surface area (Å²) < 4.78 is 2.48. The first kappa shape index (κ1) is 43.1. The quantitative estimate of drug-likeness (QED) is 0.131. The average Bonchev–Trinajstić information content (AvgIpc) is 3.83. The Morgan fingerprint density at radius 2 is 0.703 bits per heavy atom. The zero-order valence-electron chi connectivity index (χ0n) is 40.6. The summed E-state index contributed by atoms with van der Waals surface area (Å²) in [5.41, 5.74) is 18.7. The number of rotatable bonds is 9. The summed E-state index contributed by atoms with van der Waals surface area (Å²) in [5.74, 6) is 0. The molecule has 2 heteroatoms. The third kappa shape index (κ3) is 7.52. The molecule has 13 aromatic carbocycles. The van der Waals surface area contributed by atoms with Gasteiger partial charge in [0.1, 0.15) is 0 Å². The molecule has 0 radical (unpaired) electrons. The van der Waals surface area contributed by atoms with Crippen LogP contribution in [0, 0.1) is 0 Å². The lowest BCUT2D eigenvalue weighted by Gasteiger charge is -2.26. The number of aromatic nitrogens is 1. The van der Waals surface area contributed by atoms with Gasteiger partial charge in [0.2, 0.25) is 0 Å². The minimum absolute atomic E-state index is 1.08. The molecule has 0 unspecified atom stereocenters. The highest BCUT2D eigenvalue weighted by Crippen LogP contribution is 2.43. The van der Waals surface area contributed by atoms with Gasteiger partial charge >= 0.3 is 0 Å². The van der Waals surface area contributed by atoms with Crippen molar-refractivity contribution in [3.05, 3.63) is 291 Å². The second kappa shape index (κ2) is 18.1.